The molecule has 0 aromatic heterocycles. The van der Waals surface area contributed by atoms with Crippen LogP contribution >= 0.6 is 0 Å². The first-order chi connectivity index (χ1) is 10.3. The van der Waals surface area contributed by atoms with Crippen molar-refractivity contribution in [2.45, 2.75) is 20.0 Å². The molecule has 0 saturated carbocycles. The minimum Gasteiger partial charge on any atom is -0.489 e. The fraction of sp³-hybridized carbons (Fsp3) is 0.467. The lowest BCUT2D eigenvalue weighted by Crippen LogP contribution is -2.43. The standard InChI is InChI=1S/C15H21FN2O4/c1-10(14(19)20)9-18(3)15(21)17-8-11(2)22-13-6-4-5-12(16)7-13/h4-7,10-11H,8-9H2,1-3H3,(H,17,21)(H,19,20). The highest BCUT2D eigenvalue weighted by atomic mass is 19.1. The number of nitrogens with zero attached hydrogens (tertiary/aromatic N) is 1. The van der Waals surface area contributed by atoms with E-state index in [1.165, 1.54) is 37.1 Å². The van der Waals surface area contributed by atoms with Crippen molar-refractivity contribution in [2.75, 3.05) is 20.1 Å². The third-order valence-electron chi connectivity index (χ3n) is 2.99. The molecule has 0 bridgehead atoms. The Kier molecular flexibility index (Phi) is 6.62. The molecule has 1 aromatic carbocycles. The Morgan fingerprint density at radius 2 is 2.09 bits per heavy atom. The Morgan fingerprint density at radius 3 is 2.68 bits per heavy atom. The number of carboxylic acids is 1. The van der Waals surface area contributed by atoms with Crippen molar-refractivity contribution in [3.63, 3.8) is 0 Å². The second kappa shape index (κ2) is 8.21. The minimum atomic E-state index is -0.956. The Hall–Kier alpha value is -2.31. The molecule has 2 N–H and O–H groups in total. The largest absolute Gasteiger partial charge is 0.489 e. The van der Waals surface area contributed by atoms with E-state index in [-0.39, 0.29) is 25.2 Å². The summed E-state index contributed by atoms with van der Waals surface area (Å²) in [5, 5.41) is 11.4. The van der Waals surface area contributed by atoms with Gasteiger partial charge in [-0.3, -0.25) is 4.79 Å². The number of aliphatic carboxylic acids is 1. The molecule has 0 saturated heterocycles. The van der Waals surface area contributed by atoms with Gasteiger partial charge in [-0.05, 0) is 19.1 Å². The number of hydrogen-bond acceptors (Lipinski definition) is 3. The smallest absolute Gasteiger partial charge is 0.317 e. The number of carbonyl (C=O) groups is 2. The summed E-state index contributed by atoms with van der Waals surface area (Å²) in [5.41, 5.74) is 0. The van der Waals surface area contributed by atoms with Gasteiger partial charge in [0.2, 0.25) is 0 Å². The van der Waals surface area contributed by atoms with Crippen molar-refractivity contribution in [2.24, 2.45) is 5.92 Å². The molecule has 0 heterocycles. The van der Waals surface area contributed by atoms with Crippen LogP contribution in [0.5, 0.6) is 5.75 Å². The molecule has 0 aliphatic rings. The van der Waals surface area contributed by atoms with E-state index in [2.05, 4.69) is 5.32 Å². The van der Waals surface area contributed by atoms with Crippen molar-refractivity contribution < 1.29 is 23.8 Å². The van der Waals surface area contributed by atoms with Crippen LogP contribution in [0.25, 0.3) is 0 Å². The van der Waals surface area contributed by atoms with Crippen molar-refractivity contribution >= 4 is 12.0 Å². The van der Waals surface area contributed by atoms with Gasteiger partial charge < -0.3 is 20.1 Å². The fourth-order valence-corrected chi connectivity index (χ4v) is 1.75. The van der Waals surface area contributed by atoms with Gasteiger partial charge in [-0.25, -0.2) is 9.18 Å². The maximum atomic E-state index is 13.0. The summed E-state index contributed by atoms with van der Waals surface area (Å²) >= 11 is 0. The molecule has 1 rings (SSSR count). The molecule has 0 radical (unpaired) electrons. The molecule has 0 fully saturated rings. The van der Waals surface area contributed by atoms with Gasteiger partial charge in [0.15, 0.2) is 0 Å². The molecule has 2 atom stereocenters. The van der Waals surface area contributed by atoms with E-state index in [9.17, 15) is 14.0 Å². The number of amides is 2. The third kappa shape index (κ3) is 5.99. The summed E-state index contributed by atoms with van der Waals surface area (Å²) in [4.78, 5) is 23.9. The lowest BCUT2D eigenvalue weighted by atomic mass is 10.2. The lowest BCUT2D eigenvalue weighted by molar-refractivity contribution is -0.141. The topological polar surface area (TPSA) is 78.9 Å². The SMILES string of the molecule is CC(CNC(=O)N(C)CC(C)C(=O)O)Oc1cccc(F)c1. The first-order valence-corrected chi connectivity index (χ1v) is 6.93. The van der Waals surface area contributed by atoms with E-state index < -0.39 is 17.7 Å². The second-order valence-corrected chi connectivity index (χ2v) is 5.19. The highest BCUT2D eigenvalue weighted by Crippen LogP contribution is 2.13. The van der Waals surface area contributed by atoms with Crippen molar-refractivity contribution in [3.8, 4) is 5.75 Å². The number of carbonyl (C=O) groups excluding carboxylic acids is 1. The predicted octanol–water partition coefficient (Wildman–Crippen LogP) is 1.96. The van der Waals surface area contributed by atoms with Gasteiger partial charge in [-0.2, -0.15) is 0 Å². The average molecular weight is 312 g/mol. The molecule has 0 spiro atoms. The van der Waals surface area contributed by atoms with E-state index in [1.54, 1.807) is 13.0 Å². The summed E-state index contributed by atoms with van der Waals surface area (Å²) in [6.45, 7) is 3.61. The van der Waals surface area contributed by atoms with Gasteiger partial charge in [0.05, 0.1) is 12.5 Å². The van der Waals surface area contributed by atoms with Crippen molar-refractivity contribution in [3.05, 3.63) is 30.1 Å². The Bertz CT molecular complexity index is 524. The Morgan fingerprint density at radius 1 is 1.41 bits per heavy atom. The third-order valence-corrected chi connectivity index (χ3v) is 2.99. The monoisotopic (exact) mass is 312 g/mol. The van der Waals surface area contributed by atoms with E-state index >= 15 is 0 Å². The highest BCUT2D eigenvalue weighted by Gasteiger charge is 2.17. The van der Waals surface area contributed by atoms with E-state index in [1.807, 2.05) is 0 Å². The van der Waals surface area contributed by atoms with E-state index in [0.717, 1.165) is 0 Å². The summed E-state index contributed by atoms with van der Waals surface area (Å²) in [5.74, 6) is -1.61. The van der Waals surface area contributed by atoms with Gasteiger partial charge in [0, 0.05) is 19.7 Å². The van der Waals surface area contributed by atoms with Gasteiger partial charge >= 0.3 is 12.0 Å². The Balaban J connectivity index is 2.38. The number of benzene rings is 1. The first kappa shape index (κ1) is 17.7. The number of carboxylic acid groups (broad SMARTS) is 1. The molecular weight excluding hydrogens is 291 g/mol. The highest BCUT2D eigenvalue weighted by molar-refractivity contribution is 5.75. The van der Waals surface area contributed by atoms with Crippen LogP contribution in [0.4, 0.5) is 9.18 Å². The zero-order valence-electron chi connectivity index (χ0n) is 12.9. The number of hydrogen-bond donors (Lipinski definition) is 2. The molecule has 1 aromatic rings. The molecule has 22 heavy (non-hydrogen) atoms. The maximum Gasteiger partial charge on any atom is 0.317 e. The van der Waals surface area contributed by atoms with Gasteiger partial charge in [0.1, 0.15) is 17.7 Å². The first-order valence-electron chi connectivity index (χ1n) is 6.93. The number of ether oxygens (including phenoxy) is 1. The van der Waals surface area contributed by atoms with Crippen LogP contribution in [0.1, 0.15) is 13.8 Å². The van der Waals surface area contributed by atoms with Gasteiger partial charge in [-0.1, -0.05) is 13.0 Å². The van der Waals surface area contributed by atoms with Crippen LogP contribution in [0.15, 0.2) is 24.3 Å². The zero-order chi connectivity index (χ0) is 16.7. The molecule has 0 aliphatic heterocycles. The van der Waals surface area contributed by atoms with Gasteiger partial charge in [-0.15, -0.1) is 0 Å². The van der Waals surface area contributed by atoms with E-state index in [4.69, 9.17) is 9.84 Å². The molecule has 2 unspecified atom stereocenters. The molecule has 0 aliphatic carbocycles. The Labute approximate surface area is 128 Å². The molecule has 2 amide bonds. The van der Waals surface area contributed by atoms with E-state index in [0.29, 0.717) is 5.75 Å². The zero-order valence-corrected chi connectivity index (χ0v) is 12.9. The predicted molar refractivity (Wildman–Crippen MR) is 79.3 cm³/mol. The van der Waals surface area contributed by atoms with Gasteiger partial charge in [0.25, 0.3) is 0 Å². The number of halogens is 1. The van der Waals surface area contributed by atoms with Crippen LogP contribution in [-0.4, -0.2) is 48.2 Å². The number of rotatable bonds is 7. The summed E-state index contributed by atoms with van der Waals surface area (Å²) in [6.07, 6.45) is -0.351. The minimum absolute atomic E-state index is 0.111. The molecule has 122 valence electrons. The molecular formula is C15H21FN2O4. The molecule has 6 nitrogen and oxygen atoms in total. The summed E-state index contributed by atoms with van der Waals surface area (Å²) in [7, 11) is 1.52. The summed E-state index contributed by atoms with van der Waals surface area (Å²) < 4.78 is 18.5. The normalized spacial score (nSPS) is 13.1. The van der Waals surface area contributed by atoms with Crippen LogP contribution in [0.3, 0.4) is 0 Å². The van der Waals surface area contributed by atoms with Crippen LogP contribution < -0.4 is 10.1 Å². The maximum absolute atomic E-state index is 13.0. The average Bonchev–Trinajstić information content (AvgIpc) is 2.44. The molecule has 7 heteroatoms. The van der Waals surface area contributed by atoms with Crippen LogP contribution in [0, 0.1) is 11.7 Å². The van der Waals surface area contributed by atoms with Crippen molar-refractivity contribution in [1.82, 2.24) is 10.2 Å². The summed E-state index contributed by atoms with van der Waals surface area (Å²) in [6, 6.07) is 5.36. The lowest BCUT2D eigenvalue weighted by Gasteiger charge is -2.21. The number of nitrogens with one attached hydrogen (secondary N) is 1. The quantitative estimate of drug-likeness (QED) is 0.806. The van der Waals surface area contributed by atoms with Crippen LogP contribution in [-0.2, 0) is 4.79 Å². The second-order valence-electron chi connectivity index (χ2n) is 5.19. The fourth-order valence-electron chi connectivity index (χ4n) is 1.75. The van der Waals surface area contributed by atoms with Crippen molar-refractivity contribution in [1.29, 1.82) is 0 Å². The van der Waals surface area contributed by atoms with Crippen LogP contribution in [0.2, 0.25) is 0 Å². The number of urea groups is 1.